The number of hydrogen-bond donors (Lipinski definition) is 1. The fourth-order valence-electron chi connectivity index (χ4n) is 2.81. The van der Waals surface area contributed by atoms with E-state index in [4.69, 9.17) is 11.6 Å². The van der Waals surface area contributed by atoms with Crippen LogP contribution in [-0.4, -0.2) is 11.1 Å². The Kier molecular flexibility index (Phi) is 5.50. The molecule has 20 heavy (non-hydrogen) atoms. The van der Waals surface area contributed by atoms with Crippen molar-refractivity contribution in [1.29, 1.82) is 0 Å². The number of rotatable bonds is 7. The van der Waals surface area contributed by atoms with E-state index in [-0.39, 0.29) is 0 Å². The second-order valence-electron chi connectivity index (χ2n) is 5.64. The standard InChI is InChI=1S/C17H25ClN2/c1-4-6-13(3)11-20-12-14(10-19-5-2)16-8-7-15(18)9-17(16)20/h7-9,12-13,19H,4-6,10-11H2,1-3H3. The SMILES string of the molecule is CCCC(C)Cn1cc(CNCC)c2ccc(Cl)cc21. The van der Waals surface area contributed by atoms with E-state index in [9.17, 15) is 0 Å². The number of nitrogens with one attached hydrogen (secondary N) is 1. The first kappa shape index (κ1) is 15.4. The highest BCUT2D eigenvalue weighted by Gasteiger charge is 2.11. The van der Waals surface area contributed by atoms with Gasteiger partial charge >= 0.3 is 0 Å². The Morgan fingerprint density at radius 3 is 2.80 bits per heavy atom. The predicted octanol–water partition coefficient (Wildman–Crippen LogP) is 4.84. The van der Waals surface area contributed by atoms with Gasteiger partial charge in [-0.15, -0.1) is 0 Å². The lowest BCUT2D eigenvalue weighted by atomic mass is 10.1. The van der Waals surface area contributed by atoms with E-state index >= 15 is 0 Å². The van der Waals surface area contributed by atoms with Gasteiger partial charge in [-0.25, -0.2) is 0 Å². The molecular weight excluding hydrogens is 268 g/mol. The van der Waals surface area contributed by atoms with Crippen molar-refractivity contribution in [2.24, 2.45) is 5.92 Å². The summed E-state index contributed by atoms with van der Waals surface area (Å²) in [5.41, 5.74) is 2.62. The average Bonchev–Trinajstić information content (AvgIpc) is 2.74. The molecule has 0 aliphatic rings. The summed E-state index contributed by atoms with van der Waals surface area (Å²) in [4.78, 5) is 0. The lowest BCUT2D eigenvalue weighted by Crippen LogP contribution is -2.11. The Hall–Kier alpha value is -0.990. The zero-order chi connectivity index (χ0) is 14.5. The van der Waals surface area contributed by atoms with E-state index in [0.717, 1.165) is 24.7 Å². The Labute approximate surface area is 127 Å². The van der Waals surface area contributed by atoms with Gasteiger partial charge in [0.15, 0.2) is 0 Å². The molecule has 3 heteroatoms. The van der Waals surface area contributed by atoms with Crippen molar-refractivity contribution < 1.29 is 0 Å². The van der Waals surface area contributed by atoms with E-state index < -0.39 is 0 Å². The zero-order valence-electron chi connectivity index (χ0n) is 12.7. The summed E-state index contributed by atoms with van der Waals surface area (Å²) in [7, 11) is 0. The maximum atomic E-state index is 6.17. The number of benzene rings is 1. The van der Waals surface area contributed by atoms with Crippen LogP contribution in [0.4, 0.5) is 0 Å². The summed E-state index contributed by atoms with van der Waals surface area (Å²) >= 11 is 6.17. The highest BCUT2D eigenvalue weighted by molar-refractivity contribution is 6.31. The minimum Gasteiger partial charge on any atom is -0.347 e. The first-order chi connectivity index (χ1) is 9.65. The predicted molar refractivity (Wildman–Crippen MR) is 88.4 cm³/mol. The van der Waals surface area contributed by atoms with E-state index in [0.29, 0.717) is 5.92 Å². The first-order valence-electron chi connectivity index (χ1n) is 7.63. The number of nitrogens with zero attached hydrogens (tertiary/aromatic N) is 1. The third-order valence-corrected chi connectivity index (χ3v) is 4.02. The minimum absolute atomic E-state index is 0.696. The molecule has 110 valence electrons. The molecule has 0 fully saturated rings. The normalized spacial score (nSPS) is 13.0. The van der Waals surface area contributed by atoms with Crippen LogP contribution < -0.4 is 5.32 Å². The molecule has 0 radical (unpaired) electrons. The van der Waals surface area contributed by atoms with Crippen LogP contribution in [-0.2, 0) is 13.1 Å². The van der Waals surface area contributed by atoms with Crippen molar-refractivity contribution in [3.05, 3.63) is 35.0 Å². The molecule has 0 aliphatic carbocycles. The van der Waals surface area contributed by atoms with Gasteiger partial charge in [0.1, 0.15) is 0 Å². The summed E-state index contributed by atoms with van der Waals surface area (Å²) in [6, 6.07) is 6.22. The molecule has 1 N–H and O–H groups in total. The van der Waals surface area contributed by atoms with Crippen LogP contribution in [0.3, 0.4) is 0 Å². The topological polar surface area (TPSA) is 17.0 Å². The Morgan fingerprint density at radius 2 is 2.10 bits per heavy atom. The number of hydrogen-bond acceptors (Lipinski definition) is 1. The van der Waals surface area contributed by atoms with E-state index in [1.165, 1.54) is 29.3 Å². The number of aromatic nitrogens is 1. The van der Waals surface area contributed by atoms with Gasteiger partial charge in [0.05, 0.1) is 0 Å². The van der Waals surface area contributed by atoms with Crippen LogP contribution >= 0.6 is 11.6 Å². The van der Waals surface area contributed by atoms with Gasteiger partial charge in [0.25, 0.3) is 0 Å². The van der Waals surface area contributed by atoms with Crippen LogP contribution in [0, 0.1) is 5.92 Å². The van der Waals surface area contributed by atoms with Crippen LogP contribution in [0.1, 0.15) is 39.2 Å². The third kappa shape index (κ3) is 3.56. The summed E-state index contributed by atoms with van der Waals surface area (Å²) in [6.07, 6.45) is 4.80. The smallest absolute Gasteiger partial charge is 0.0498 e. The summed E-state index contributed by atoms with van der Waals surface area (Å²) in [6.45, 7) is 9.69. The molecule has 0 aliphatic heterocycles. The molecule has 0 saturated heterocycles. The summed E-state index contributed by atoms with van der Waals surface area (Å²) in [5.74, 6) is 0.696. The first-order valence-corrected chi connectivity index (χ1v) is 8.01. The molecule has 0 spiro atoms. The molecule has 0 bridgehead atoms. The largest absolute Gasteiger partial charge is 0.347 e. The highest BCUT2D eigenvalue weighted by Crippen LogP contribution is 2.26. The van der Waals surface area contributed by atoms with Crippen molar-refractivity contribution >= 4 is 22.5 Å². The molecule has 0 saturated carbocycles. The molecule has 1 unspecified atom stereocenters. The fourth-order valence-corrected chi connectivity index (χ4v) is 2.98. The lowest BCUT2D eigenvalue weighted by Gasteiger charge is -2.12. The molecule has 1 aromatic carbocycles. The number of halogens is 1. The second kappa shape index (κ2) is 7.14. The molecule has 1 aromatic heterocycles. The third-order valence-electron chi connectivity index (χ3n) is 3.78. The Balaban J connectivity index is 2.34. The molecule has 2 aromatic rings. The van der Waals surface area contributed by atoms with Crippen molar-refractivity contribution in [1.82, 2.24) is 9.88 Å². The maximum absolute atomic E-state index is 6.17. The molecule has 2 nitrogen and oxygen atoms in total. The Bertz CT molecular complexity index is 559. The Morgan fingerprint density at radius 1 is 1.30 bits per heavy atom. The molecule has 1 heterocycles. The van der Waals surface area contributed by atoms with Gasteiger partial charge in [0, 0.05) is 35.2 Å². The molecule has 1 atom stereocenters. The van der Waals surface area contributed by atoms with E-state index in [1.54, 1.807) is 0 Å². The number of fused-ring (bicyclic) bond motifs is 1. The van der Waals surface area contributed by atoms with Gasteiger partial charge in [-0.2, -0.15) is 0 Å². The molecular formula is C17H25ClN2. The summed E-state index contributed by atoms with van der Waals surface area (Å²) < 4.78 is 2.37. The van der Waals surface area contributed by atoms with Gasteiger partial charge in [-0.3, -0.25) is 0 Å². The second-order valence-corrected chi connectivity index (χ2v) is 6.08. The monoisotopic (exact) mass is 292 g/mol. The van der Waals surface area contributed by atoms with Gasteiger partial charge in [-0.05, 0) is 36.6 Å². The van der Waals surface area contributed by atoms with Crippen molar-refractivity contribution in [3.63, 3.8) is 0 Å². The van der Waals surface area contributed by atoms with Crippen molar-refractivity contribution in [3.8, 4) is 0 Å². The van der Waals surface area contributed by atoms with Crippen LogP contribution in [0.2, 0.25) is 5.02 Å². The van der Waals surface area contributed by atoms with Crippen LogP contribution in [0.5, 0.6) is 0 Å². The zero-order valence-corrected chi connectivity index (χ0v) is 13.5. The van der Waals surface area contributed by atoms with E-state index in [1.807, 2.05) is 6.07 Å². The molecule has 0 amide bonds. The maximum Gasteiger partial charge on any atom is 0.0498 e. The highest BCUT2D eigenvalue weighted by atomic mass is 35.5. The van der Waals surface area contributed by atoms with Gasteiger partial charge < -0.3 is 9.88 Å². The van der Waals surface area contributed by atoms with Crippen molar-refractivity contribution in [2.75, 3.05) is 6.54 Å². The fraction of sp³-hybridized carbons (Fsp3) is 0.529. The van der Waals surface area contributed by atoms with Crippen LogP contribution in [0.25, 0.3) is 10.9 Å². The molecule has 2 rings (SSSR count). The average molecular weight is 293 g/mol. The van der Waals surface area contributed by atoms with Gasteiger partial charge in [-0.1, -0.05) is 44.9 Å². The minimum atomic E-state index is 0.696. The van der Waals surface area contributed by atoms with Gasteiger partial charge in [0.2, 0.25) is 0 Å². The lowest BCUT2D eigenvalue weighted by molar-refractivity contribution is 0.453. The summed E-state index contributed by atoms with van der Waals surface area (Å²) in [5, 5.41) is 5.55. The van der Waals surface area contributed by atoms with Crippen LogP contribution in [0.15, 0.2) is 24.4 Å². The quantitative estimate of drug-likeness (QED) is 0.772. The van der Waals surface area contributed by atoms with Crippen molar-refractivity contribution in [2.45, 2.75) is 46.7 Å². The van der Waals surface area contributed by atoms with E-state index in [2.05, 4.69) is 49.0 Å².